The van der Waals surface area contributed by atoms with Gasteiger partial charge in [0.1, 0.15) is 17.7 Å². The molecule has 0 aliphatic heterocycles. The van der Waals surface area contributed by atoms with Gasteiger partial charge in [0.05, 0.1) is 6.20 Å². The number of nitrogens with one attached hydrogen (secondary N) is 2. The van der Waals surface area contributed by atoms with Gasteiger partial charge in [0.15, 0.2) is 5.82 Å². The Bertz CT molecular complexity index is 1080. The minimum absolute atomic E-state index is 0.333. The van der Waals surface area contributed by atoms with Crippen molar-refractivity contribution in [3.63, 3.8) is 0 Å². The van der Waals surface area contributed by atoms with Gasteiger partial charge in [0, 0.05) is 17.4 Å². The molecule has 128 valence electrons. The molecule has 3 heterocycles. The lowest BCUT2D eigenvalue weighted by atomic mass is 10.2. The van der Waals surface area contributed by atoms with Crippen LogP contribution in [0.15, 0.2) is 61.2 Å². The van der Waals surface area contributed by atoms with E-state index >= 15 is 0 Å². The molecule has 26 heavy (non-hydrogen) atoms. The van der Waals surface area contributed by atoms with E-state index in [1.165, 1.54) is 6.33 Å². The molecule has 3 aromatic heterocycles. The zero-order valence-electron chi connectivity index (χ0n) is 13.4. The fourth-order valence-electron chi connectivity index (χ4n) is 2.48. The van der Waals surface area contributed by atoms with Gasteiger partial charge < -0.3 is 5.32 Å². The van der Waals surface area contributed by atoms with Gasteiger partial charge in [0.2, 0.25) is 5.95 Å². The lowest BCUT2D eigenvalue weighted by molar-refractivity contribution is 0.0706. The molecule has 0 unspecified atom stereocenters. The number of hydrogen-bond acceptors (Lipinski definition) is 7. The van der Waals surface area contributed by atoms with Gasteiger partial charge in [-0.25, -0.2) is 20.4 Å². The second kappa shape index (κ2) is 6.57. The molecule has 0 spiro atoms. The molecular formula is C17H13N7O2. The van der Waals surface area contributed by atoms with Crippen LogP contribution in [0.25, 0.3) is 17.2 Å². The van der Waals surface area contributed by atoms with Crippen LogP contribution in [0, 0.1) is 0 Å². The van der Waals surface area contributed by atoms with Crippen LogP contribution in [0.5, 0.6) is 0 Å². The largest absolute Gasteiger partial charge is 0.324 e. The van der Waals surface area contributed by atoms with Crippen LogP contribution in [-0.2, 0) is 0 Å². The van der Waals surface area contributed by atoms with E-state index in [1.807, 2.05) is 28.8 Å². The van der Waals surface area contributed by atoms with E-state index < -0.39 is 5.91 Å². The smallest absolute Gasteiger partial charge is 0.274 e. The van der Waals surface area contributed by atoms with Crippen LogP contribution in [-0.4, -0.2) is 35.5 Å². The summed E-state index contributed by atoms with van der Waals surface area (Å²) in [5, 5.41) is 11.7. The standard InChI is InChI=1S/C17H13N7O2/c25-16(23-26)11-4-6-12(7-5-11)21-17-20-10-19-15(22-17)13-9-18-14-3-1-2-8-24(13)14/h1-10,26H,(H,23,25)(H,19,20,21,22). The van der Waals surface area contributed by atoms with Gasteiger partial charge in [-0.3, -0.25) is 14.4 Å². The van der Waals surface area contributed by atoms with Crippen LogP contribution in [0.4, 0.5) is 11.6 Å². The molecule has 0 radical (unpaired) electrons. The highest BCUT2D eigenvalue weighted by Gasteiger charge is 2.10. The summed E-state index contributed by atoms with van der Waals surface area (Å²) < 4.78 is 1.89. The Labute approximate surface area is 147 Å². The van der Waals surface area contributed by atoms with E-state index in [1.54, 1.807) is 35.9 Å². The first-order valence-electron chi connectivity index (χ1n) is 7.67. The zero-order valence-corrected chi connectivity index (χ0v) is 13.4. The Morgan fingerprint density at radius 2 is 1.88 bits per heavy atom. The number of benzene rings is 1. The van der Waals surface area contributed by atoms with Crippen molar-refractivity contribution in [1.29, 1.82) is 0 Å². The Morgan fingerprint density at radius 3 is 2.69 bits per heavy atom. The first-order valence-corrected chi connectivity index (χ1v) is 7.67. The molecule has 0 fully saturated rings. The Hall–Kier alpha value is -3.85. The number of hydrogen-bond donors (Lipinski definition) is 3. The van der Waals surface area contributed by atoms with Crippen molar-refractivity contribution in [1.82, 2.24) is 29.8 Å². The van der Waals surface area contributed by atoms with E-state index in [2.05, 4.69) is 25.3 Å². The third-order valence-electron chi connectivity index (χ3n) is 3.72. The third-order valence-corrected chi connectivity index (χ3v) is 3.72. The predicted molar refractivity (Wildman–Crippen MR) is 93.0 cm³/mol. The fraction of sp³-hybridized carbons (Fsp3) is 0. The first-order chi connectivity index (χ1) is 12.7. The average Bonchev–Trinajstić information content (AvgIpc) is 3.12. The summed E-state index contributed by atoms with van der Waals surface area (Å²) >= 11 is 0. The van der Waals surface area contributed by atoms with E-state index in [9.17, 15) is 4.79 Å². The summed E-state index contributed by atoms with van der Waals surface area (Å²) in [5.41, 5.74) is 4.16. The fourth-order valence-corrected chi connectivity index (χ4v) is 2.48. The number of imidazole rings is 1. The molecule has 3 N–H and O–H groups in total. The van der Waals surface area contributed by atoms with Gasteiger partial charge in [0.25, 0.3) is 5.91 Å². The Morgan fingerprint density at radius 1 is 1.04 bits per heavy atom. The number of fused-ring (bicyclic) bond motifs is 1. The SMILES string of the molecule is O=C(NO)c1ccc(Nc2ncnc(-c3cnc4ccccn34)n2)cc1. The molecule has 1 amide bonds. The molecule has 9 heteroatoms. The second-order valence-electron chi connectivity index (χ2n) is 5.35. The van der Waals surface area contributed by atoms with Crippen LogP contribution in [0.2, 0.25) is 0 Å². The van der Waals surface area contributed by atoms with Gasteiger partial charge in [-0.2, -0.15) is 4.98 Å². The number of rotatable bonds is 4. The number of hydroxylamine groups is 1. The molecule has 0 aliphatic carbocycles. The number of carbonyl (C=O) groups is 1. The van der Waals surface area contributed by atoms with E-state index in [4.69, 9.17) is 5.21 Å². The predicted octanol–water partition coefficient (Wildman–Crippen LogP) is 2.05. The number of anilines is 2. The summed E-state index contributed by atoms with van der Waals surface area (Å²) in [5.74, 6) is 0.268. The Balaban J connectivity index is 1.61. The Kier molecular flexibility index (Phi) is 3.96. The maximum absolute atomic E-state index is 11.3. The lowest BCUT2D eigenvalue weighted by Crippen LogP contribution is -2.18. The highest BCUT2D eigenvalue weighted by Crippen LogP contribution is 2.19. The first kappa shape index (κ1) is 15.7. The normalized spacial score (nSPS) is 10.7. The van der Waals surface area contributed by atoms with Crippen LogP contribution in [0.1, 0.15) is 10.4 Å². The maximum atomic E-state index is 11.3. The lowest BCUT2D eigenvalue weighted by Gasteiger charge is -2.06. The zero-order chi connectivity index (χ0) is 17.9. The summed E-state index contributed by atoms with van der Waals surface area (Å²) in [4.78, 5) is 28.4. The molecule has 0 saturated heterocycles. The number of pyridine rings is 1. The van der Waals surface area contributed by atoms with Crippen molar-refractivity contribution < 1.29 is 10.0 Å². The van der Waals surface area contributed by atoms with Gasteiger partial charge in [-0.1, -0.05) is 6.07 Å². The molecule has 9 nitrogen and oxygen atoms in total. The number of aromatic nitrogens is 5. The molecule has 0 bridgehead atoms. The van der Waals surface area contributed by atoms with Crippen molar-refractivity contribution in [3.8, 4) is 11.5 Å². The summed E-state index contributed by atoms with van der Waals surface area (Å²) in [6.07, 6.45) is 5.01. The second-order valence-corrected chi connectivity index (χ2v) is 5.35. The molecular weight excluding hydrogens is 334 g/mol. The van der Waals surface area contributed by atoms with Gasteiger partial charge >= 0.3 is 0 Å². The monoisotopic (exact) mass is 347 g/mol. The topological polar surface area (TPSA) is 117 Å². The van der Waals surface area contributed by atoms with E-state index in [-0.39, 0.29) is 0 Å². The van der Waals surface area contributed by atoms with Crippen LogP contribution in [0.3, 0.4) is 0 Å². The number of nitrogens with zero attached hydrogens (tertiary/aromatic N) is 5. The molecule has 1 aromatic carbocycles. The molecule has 0 atom stereocenters. The molecule has 4 aromatic rings. The van der Waals surface area contributed by atoms with Crippen molar-refractivity contribution in [2.24, 2.45) is 0 Å². The van der Waals surface area contributed by atoms with Crippen molar-refractivity contribution in [2.75, 3.05) is 5.32 Å². The van der Waals surface area contributed by atoms with Gasteiger partial charge in [-0.05, 0) is 36.4 Å². The van der Waals surface area contributed by atoms with Crippen molar-refractivity contribution in [2.45, 2.75) is 0 Å². The van der Waals surface area contributed by atoms with E-state index in [0.29, 0.717) is 23.0 Å². The summed E-state index contributed by atoms with van der Waals surface area (Å²) in [6, 6.07) is 12.2. The number of carbonyl (C=O) groups excluding carboxylic acids is 1. The highest BCUT2D eigenvalue weighted by atomic mass is 16.5. The quantitative estimate of drug-likeness (QED) is 0.382. The van der Waals surface area contributed by atoms with Crippen molar-refractivity contribution >= 4 is 23.2 Å². The van der Waals surface area contributed by atoms with E-state index in [0.717, 1.165) is 11.3 Å². The average molecular weight is 347 g/mol. The third kappa shape index (κ3) is 2.94. The molecule has 0 saturated carbocycles. The van der Waals surface area contributed by atoms with Crippen LogP contribution < -0.4 is 10.8 Å². The highest BCUT2D eigenvalue weighted by molar-refractivity contribution is 5.93. The summed E-state index contributed by atoms with van der Waals surface area (Å²) in [6.45, 7) is 0. The molecule has 0 aliphatic rings. The number of amides is 1. The summed E-state index contributed by atoms with van der Waals surface area (Å²) in [7, 11) is 0. The van der Waals surface area contributed by atoms with Crippen LogP contribution >= 0.6 is 0 Å². The minimum Gasteiger partial charge on any atom is -0.324 e. The maximum Gasteiger partial charge on any atom is 0.274 e. The van der Waals surface area contributed by atoms with Gasteiger partial charge in [-0.15, -0.1) is 0 Å². The van der Waals surface area contributed by atoms with Crippen molar-refractivity contribution in [3.05, 3.63) is 66.7 Å². The minimum atomic E-state index is -0.577. The molecule has 4 rings (SSSR count).